The van der Waals surface area contributed by atoms with Gasteiger partial charge in [0, 0.05) is 11.6 Å². The molecule has 2 aromatic rings. The zero-order chi connectivity index (χ0) is 20.2. The number of benzene rings is 1. The number of amides is 1. The number of nitrogens with two attached hydrogens (primary N) is 1. The number of hydrogen-bond acceptors (Lipinski definition) is 5. The lowest BCUT2D eigenvalue weighted by molar-refractivity contribution is -0.384. The summed E-state index contributed by atoms with van der Waals surface area (Å²) in [7, 11) is 0. The van der Waals surface area contributed by atoms with E-state index < -0.39 is 22.6 Å². The molecule has 12 heteroatoms. The summed E-state index contributed by atoms with van der Waals surface area (Å²) in [6.07, 6.45) is -3.74. The molecule has 0 unspecified atom stereocenters. The molecule has 1 amide bonds. The molecular formula is C15H14ClF3N5O3+. The van der Waals surface area contributed by atoms with Crippen LogP contribution in [0.4, 0.5) is 30.4 Å². The molecule has 0 atom stereocenters. The van der Waals surface area contributed by atoms with Gasteiger partial charge in [-0.25, -0.2) is 4.98 Å². The van der Waals surface area contributed by atoms with Crippen LogP contribution in [-0.2, 0) is 6.18 Å². The third-order valence-corrected chi connectivity index (χ3v) is 3.74. The highest BCUT2D eigenvalue weighted by Gasteiger charge is 2.32. The van der Waals surface area contributed by atoms with E-state index in [0.717, 1.165) is 18.3 Å². The zero-order valence-corrected chi connectivity index (χ0v) is 14.3. The Balaban J connectivity index is 1.99. The van der Waals surface area contributed by atoms with Crippen LogP contribution < -0.4 is 21.4 Å². The first-order valence-electron chi connectivity index (χ1n) is 7.44. The van der Waals surface area contributed by atoms with Crippen LogP contribution in [0, 0.1) is 10.1 Å². The van der Waals surface area contributed by atoms with E-state index in [1.807, 2.05) is 0 Å². The van der Waals surface area contributed by atoms with Gasteiger partial charge in [-0.15, -0.1) is 0 Å². The monoisotopic (exact) mass is 404 g/mol. The first-order chi connectivity index (χ1) is 12.6. The Kier molecular flexibility index (Phi) is 6.05. The molecule has 0 bridgehead atoms. The Bertz CT molecular complexity index is 876. The first-order valence-corrected chi connectivity index (χ1v) is 7.82. The van der Waals surface area contributed by atoms with Crippen molar-refractivity contribution in [2.24, 2.45) is 5.73 Å². The average Bonchev–Trinajstić information content (AvgIpc) is 2.58. The Hall–Kier alpha value is -3.08. The number of primary amides is 1. The number of aromatic amines is 1. The summed E-state index contributed by atoms with van der Waals surface area (Å²) in [6.45, 7) is 0.373. The van der Waals surface area contributed by atoms with Gasteiger partial charge in [0.05, 0.1) is 17.0 Å². The largest absolute Gasteiger partial charge is 0.419 e. The molecular weight excluding hydrogens is 391 g/mol. The van der Waals surface area contributed by atoms with E-state index in [4.69, 9.17) is 17.3 Å². The predicted molar refractivity (Wildman–Crippen MR) is 91.6 cm³/mol. The number of nitro groups is 1. The zero-order valence-electron chi connectivity index (χ0n) is 13.6. The van der Waals surface area contributed by atoms with Gasteiger partial charge in [-0.1, -0.05) is 11.6 Å². The van der Waals surface area contributed by atoms with Crippen molar-refractivity contribution in [3.63, 3.8) is 0 Å². The number of carbonyl (C=O) groups excluding carboxylic acids is 1. The van der Waals surface area contributed by atoms with Crippen molar-refractivity contribution < 1.29 is 27.9 Å². The minimum atomic E-state index is -4.52. The third-order valence-electron chi connectivity index (χ3n) is 3.44. The van der Waals surface area contributed by atoms with Crippen LogP contribution in [0.15, 0.2) is 30.5 Å². The highest BCUT2D eigenvalue weighted by Crippen LogP contribution is 2.31. The van der Waals surface area contributed by atoms with Gasteiger partial charge < -0.3 is 11.1 Å². The molecule has 0 radical (unpaired) electrons. The van der Waals surface area contributed by atoms with Crippen molar-refractivity contribution in [1.29, 1.82) is 0 Å². The highest BCUT2D eigenvalue weighted by atomic mass is 35.5. The number of rotatable bonds is 7. The number of H-pyrrole nitrogens is 1. The van der Waals surface area contributed by atoms with Crippen LogP contribution >= 0.6 is 11.6 Å². The number of halogens is 4. The van der Waals surface area contributed by atoms with E-state index in [2.05, 4.69) is 15.6 Å². The lowest BCUT2D eigenvalue weighted by atomic mass is 10.1. The number of alkyl halides is 3. The lowest BCUT2D eigenvalue weighted by Crippen LogP contribution is -2.21. The van der Waals surface area contributed by atoms with Crippen LogP contribution in [0.25, 0.3) is 0 Å². The molecule has 1 aromatic heterocycles. The number of hydrogen-bond donors (Lipinski definition) is 3. The molecule has 0 saturated heterocycles. The van der Waals surface area contributed by atoms with Crippen molar-refractivity contribution in [3.05, 3.63) is 56.7 Å². The van der Waals surface area contributed by atoms with Crippen molar-refractivity contribution in [2.75, 3.05) is 23.7 Å². The molecule has 27 heavy (non-hydrogen) atoms. The fourth-order valence-electron chi connectivity index (χ4n) is 2.14. The van der Waals surface area contributed by atoms with E-state index in [1.54, 1.807) is 0 Å². The number of anilines is 2. The first kappa shape index (κ1) is 20.2. The molecule has 8 nitrogen and oxygen atoms in total. The fraction of sp³-hybridized carbons (Fsp3) is 0.200. The van der Waals surface area contributed by atoms with Crippen molar-refractivity contribution >= 4 is 34.7 Å². The summed E-state index contributed by atoms with van der Waals surface area (Å²) < 4.78 is 37.7. The van der Waals surface area contributed by atoms with E-state index in [0.29, 0.717) is 0 Å². The van der Waals surface area contributed by atoms with Crippen molar-refractivity contribution in [3.8, 4) is 0 Å². The van der Waals surface area contributed by atoms with E-state index in [9.17, 15) is 28.1 Å². The second-order valence-corrected chi connectivity index (χ2v) is 5.72. The standard InChI is InChI=1S/C15H13ClF3N5O3/c16-10-6-9(15(17,18)19)7-23-14(10)22-4-3-21-11-2-1-8(13(20)25)5-12(11)24(26)27/h1-2,5-7,21H,3-4H2,(H2,20,25)(H,22,23)/p+1. The molecule has 2 rings (SSSR count). The van der Waals surface area contributed by atoms with Gasteiger partial charge >= 0.3 is 6.18 Å². The van der Waals surface area contributed by atoms with Crippen molar-refractivity contribution in [1.82, 2.24) is 0 Å². The van der Waals surface area contributed by atoms with E-state index in [-0.39, 0.29) is 40.9 Å². The van der Waals surface area contributed by atoms with Gasteiger partial charge in [-0.3, -0.25) is 20.2 Å². The van der Waals surface area contributed by atoms with Crippen molar-refractivity contribution in [2.45, 2.75) is 6.18 Å². The molecule has 144 valence electrons. The number of nitrogens with one attached hydrogen (secondary N) is 3. The smallest absolute Gasteiger partial charge is 0.376 e. The molecule has 0 spiro atoms. The van der Waals surface area contributed by atoms with E-state index in [1.165, 1.54) is 12.1 Å². The van der Waals surface area contributed by atoms with Crippen LogP contribution in [0.5, 0.6) is 0 Å². The van der Waals surface area contributed by atoms with E-state index >= 15 is 0 Å². The van der Waals surface area contributed by atoms with Gasteiger partial charge in [-0.2, -0.15) is 13.2 Å². The van der Waals surface area contributed by atoms with Gasteiger partial charge in [0.2, 0.25) is 5.91 Å². The topological polar surface area (TPSA) is 124 Å². The predicted octanol–water partition coefficient (Wildman–Crippen LogP) is 2.70. The summed E-state index contributed by atoms with van der Waals surface area (Å²) in [4.78, 5) is 23.9. The van der Waals surface area contributed by atoms with Crippen LogP contribution in [0.1, 0.15) is 15.9 Å². The maximum Gasteiger partial charge on any atom is 0.419 e. The maximum absolute atomic E-state index is 12.6. The second kappa shape index (κ2) is 8.08. The molecule has 0 aliphatic carbocycles. The Labute approximate surface area is 155 Å². The van der Waals surface area contributed by atoms with Crippen LogP contribution in [0.2, 0.25) is 5.02 Å². The van der Waals surface area contributed by atoms with Crippen LogP contribution in [-0.4, -0.2) is 23.9 Å². The van der Waals surface area contributed by atoms with Gasteiger partial charge in [0.15, 0.2) is 0 Å². The maximum atomic E-state index is 12.6. The quantitative estimate of drug-likeness (QED) is 0.372. The Morgan fingerprint density at radius 1 is 1.26 bits per heavy atom. The summed E-state index contributed by atoms with van der Waals surface area (Å²) >= 11 is 5.80. The fourth-order valence-corrected chi connectivity index (χ4v) is 2.38. The molecule has 0 saturated carbocycles. The summed E-state index contributed by atoms with van der Waals surface area (Å²) in [5.41, 5.74) is 4.01. The molecule has 5 N–H and O–H groups in total. The third kappa shape index (κ3) is 5.20. The molecule has 1 heterocycles. The lowest BCUT2D eigenvalue weighted by Gasteiger charge is -2.08. The normalized spacial score (nSPS) is 11.1. The number of carbonyl (C=O) groups is 1. The Morgan fingerprint density at radius 3 is 2.48 bits per heavy atom. The highest BCUT2D eigenvalue weighted by molar-refractivity contribution is 6.32. The number of nitrogens with zero attached hydrogens (tertiary/aromatic N) is 1. The average molecular weight is 405 g/mol. The summed E-state index contributed by atoms with van der Waals surface area (Å²) in [5, 5.41) is 16.5. The number of pyridine rings is 1. The molecule has 0 aliphatic rings. The minimum absolute atomic E-state index is 0.00323. The summed E-state index contributed by atoms with van der Waals surface area (Å²) in [6, 6.07) is 4.51. The SMILES string of the molecule is NC(=O)c1ccc(NCCNc2[nH+]cc(C(F)(F)F)cc2Cl)c([N+](=O)[O-])c1. The van der Waals surface area contributed by atoms with Gasteiger partial charge in [0.1, 0.15) is 23.5 Å². The summed E-state index contributed by atoms with van der Waals surface area (Å²) in [5.74, 6) is -0.621. The minimum Gasteiger partial charge on any atom is -0.376 e. The molecule has 0 fully saturated rings. The molecule has 0 aliphatic heterocycles. The van der Waals surface area contributed by atoms with Gasteiger partial charge in [-0.05, 0) is 18.2 Å². The van der Waals surface area contributed by atoms with Crippen LogP contribution in [0.3, 0.4) is 0 Å². The Morgan fingerprint density at radius 2 is 1.93 bits per heavy atom. The van der Waals surface area contributed by atoms with Gasteiger partial charge in [0.25, 0.3) is 11.5 Å². The second-order valence-electron chi connectivity index (χ2n) is 5.32. The number of nitro benzene ring substituents is 1. The number of aromatic nitrogens is 1. The molecule has 1 aromatic carbocycles.